The van der Waals surface area contributed by atoms with Crippen molar-refractivity contribution in [2.45, 2.75) is 0 Å². The van der Waals surface area contributed by atoms with Crippen molar-refractivity contribution in [2.24, 2.45) is 0 Å². The van der Waals surface area contributed by atoms with Crippen LogP contribution >= 0.6 is 34.2 Å². The quantitative estimate of drug-likeness (QED) is 0.433. The highest BCUT2D eigenvalue weighted by Gasteiger charge is 2.09. The normalized spacial score (nSPS) is 10.1. The first-order valence-electron chi connectivity index (χ1n) is 5.76. The van der Waals surface area contributed by atoms with E-state index < -0.39 is 0 Å². The van der Waals surface area contributed by atoms with Crippen molar-refractivity contribution in [1.29, 1.82) is 0 Å². The van der Waals surface area contributed by atoms with E-state index >= 15 is 0 Å². The van der Waals surface area contributed by atoms with Gasteiger partial charge in [0.05, 0.1) is 5.02 Å². The van der Waals surface area contributed by atoms with Crippen molar-refractivity contribution in [3.63, 3.8) is 0 Å². The van der Waals surface area contributed by atoms with Gasteiger partial charge in [0.25, 0.3) is 0 Å². The molecule has 2 aromatic rings. The molecule has 0 unspecified atom stereocenters. The van der Waals surface area contributed by atoms with Gasteiger partial charge in [-0.1, -0.05) is 23.7 Å². The minimum absolute atomic E-state index is 0.0965. The molecule has 0 spiro atoms. The molecule has 0 fully saturated rings. The van der Waals surface area contributed by atoms with Crippen molar-refractivity contribution < 1.29 is 14.3 Å². The molecule has 102 valence electrons. The van der Waals surface area contributed by atoms with Crippen LogP contribution in [0, 0.1) is 3.57 Å². The number of hydrogen-bond donors (Lipinski definition) is 0. The van der Waals surface area contributed by atoms with Crippen molar-refractivity contribution in [3.05, 3.63) is 62.2 Å². The van der Waals surface area contributed by atoms with Crippen LogP contribution in [0.5, 0.6) is 5.75 Å². The number of benzene rings is 2. The Morgan fingerprint density at radius 3 is 2.50 bits per heavy atom. The summed E-state index contributed by atoms with van der Waals surface area (Å²) in [5, 5.41) is 0.310. The van der Waals surface area contributed by atoms with Crippen LogP contribution < -0.4 is 4.74 Å². The molecule has 0 saturated heterocycles. The van der Waals surface area contributed by atoms with E-state index in [2.05, 4.69) is 22.6 Å². The lowest BCUT2D eigenvalue weighted by Crippen LogP contribution is -2.11. The summed E-state index contributed by atoms with van der Waals surface area (Å²) in [6, 6.07) is 11.9. The predicted molar refractivity (Wildman–Crippen MR) is 85.8 cm³/mol. The van der Waals surface area contributed by atoms with Crippen molar-refractivity contribution in [1.82, 2.24) is 0 Å². The first kappa shape index (κ1) is 15.0. The summed E-state index contributed by atoms with van der Waals surface area (Å²) in [6.45, 7) is -0.0965. The third-order valence-corrected chi connectivity index (χ3v) is 3.63. The molecule has 0 amide bonds. The minimum atomic E-state index is -0.128. The van der Waals surface area contributed by atoms with Crippen LogP contribution in [0.15, 0.2) is 42.5 Å². The van der Waals surface area contributed by atoms with Crippen molar-refractivity contribution >= 4 is 46.3 Å². The van der Waals surface area contributed by atoms with Crippen LogP contribution in [-0.2, 0) is 0 Å². The SMILES string of the molecule is O=Cc1ccc(OCC(=O)c2ccc(I)cc2)c(Cl)c1. The standard InChI is InChI=1S/C15H10ClIO3/c16-13-7-10(8-18)1-6-15(13)20-9-14(19)11-2-4-12(17)5-3-11/h1-8H,9H2. The molecule has 0 bridgehead atoms. The minimum Gasteiger partial charge on any atom is -0.484 e. The van der Waals surface area contributed by atoms with Crippen LogP contribution in [0.25, 0.3) is 0 Å². The zero-order chi connectivity index (χ0) is 14.5. The smallest absolute Gasteiger partial charge is 0.200 e. The Balaban J connectivity index is 2.03. The lowest BCUT2D eigenvalue weighted by molar-refractivity contribution is 0.0921. The van der Waals surface area contributed by atoms with Gasteiger partial charge in [0, 0.05) is 14.7 Å². The molecule has 2 aromatic carbocycles. The second-order valence-electron chi connectivity index (χ2n) is 4.03. The maximum atomic E-state index is 11.9. The van der Waals surface area contributed by atoms with E-state index in [1.165, 1.54) is 6.07 Å². The van der Waals surface area contributed by atoms with E-state index in [0.29, 0.717) is 28.2 Å². The molecule has 0 aliphatic carbocycles. The van der Waals surface area contributed by atoms with Gasteiger partial charge in [-0.25, -0.2) is 0 Å². The number of ether oxygens (including phenoxy) is 1. The summed E-state index contributed by atoms with van der Waals surface area (Å²) in [5.74, 6) is 0.257. The fourth-order valence-corrected chi connectivity index (χ4v) is 2.17. The third-order valence-electron chi connectivity index (χ3n) is 2.62. The van der Waals surface area contributed by atoms with Gasteiger partial charge in [-0.15, -0.1) is 0 Å². The predicted octanol–water partition coefficient (Wildman–Crippen LogP) is 4.02. The summed E-state index contributed by atoms with van der Waals surface area (Å²) in [5.41, 5.74) is 1.05. The van der Waals surface area contributed by atoms with Crippen LogP contribution in [0.2, 0.25) is 5.02 Å². The topological polar surface area (TPSA) is 43.4 Å². The molecule has 0 N–H and O–H groups in total. The van der Waals surface area contributed by atoms with E-state index in [0.717, 1.165) is 3.57 Å². The molecule has 5 heteroatoms. The zero-order valence-corrected chi connectivity index (χ0v) is 13.2. The van der Waals surface area contributed by atoms with Gasteiger partial charge in [-0.3, -0.25) is 9.59 Å². The van der Waals surface area contributed by atoms with Gasteiger partial charge >= 0.3 is 0 Å². The number of ketones is 1. The fraction of sp³-hybridized carbons (Fsp3) is 0.0667. The van der Waals surface area contributed by atoms with Gasteiger partial charge in [0.2, 0.25) is 0 Å². The number of carbonyl (C=O) groups is 2. The van der Waals surface area contributed by atoms with Gasteiger partial charge in [-0.2, -0.15) is 0 Å². The highest BCUT2D eigenvalue weighted by atomic mass is 127. The van der Waals surface area contributed by atoms with Crippen LogP contribution in [0.4, 0.5) is 0 Å². The second-order valence-corrected chi connectivity index (χ2v) is 5.68. The summed E-state index contributed by atoms with van der Waals surface area (Å²) < 4.78 is 6.45. The lowest BCUT2D eigenvalue weighted by Gasteiger charge is -2.07. The first-order valence-corrected chi connectivity index (χ1v) is 7.22. The zero-order valence-electron chi connectivity index (χ0n) is 10.3. The molecule has 0 saturated carbocycles. The molecule has 20 heavy (non-hydrogen) atoms. The van der Waals surface area contributed by atoms with E-state index in [4.69, 9.17) is 16.3 Å². The molecule has 2 rings (SSSR count). The average molecular weight is 401 g/mol. The molecule has 0 radical (unpaired) electrons. The van der Waals surface area contributed by atoms with Crippen molar-refractivity contribution in [2.75, 3.05) is 6.61 Å². The maximum Gasteiger partial charge on any atom is 0.200 e. The van der Waals surface area contributed by atoms with Gasteiger partial charge < -0.3 is 4.74 Å². The number of Topliss-reactive ketones (excluding diaryl/α,β-unsaturated/α-hetero) is 1. The van der Waals surface area contributed by atoms with E-state index in [1.54, 1.807) is 24.3 Å². The van der Waals surface area contributed by atoms with Crippen LogP contribution in [-0.4, -0.2) is 18.7 Å². The number of hydrogen-bond acceptors (Lipinski definition) is 3. The lowest BCUT2D eigenvalue weighted by atomic mass is 10.1. The highest BCUT2D eigenvalue weighted by Crippen LogP contribution is 2.25. The molecular formula is C15H10ClIO3. The Bertz CT molecular complexity index is 638. The summed E-state index contributed by atoms with van der Waals surface area (Å²) in [6.07, 6.45) is 0.701. The van der Waals surface area contributed by atoms with Crippen LogP contribution in [0.1, 0.15) is 20.7 Å². The van der Waals surface area contributed by atoms with Gasteiger partial charge in [0.15, 0.2) is 12.4 Å². The molecule has 3 nitrogen and oxygen atoms in total. The fourth-order valence-electron chi connectivity index (χ4n) is 1.57. The maximum absolute atomic E-state index is 11.9. The number of carbonyl (C=O) groups excluding carboxylic acids is 2. The number of halogens is 2. The molecule has 0 aromatic heterocycles. The Labute approximate surface area is 135 Å². The van der Waals surface area contributed by atoms with E-state index in [1.807, 2.05) is 12.1 Å². The van der Waals surface area contributed by atoms with Crippen molar-refractivity contribution in [3.8, 4) is 5.75 Å². The number of rotatable bonds is 5. The highest BCUT2D eigenvalue weighted by molar-refractivity contribution is 14.1. The molecular weight excluding hydrogens is 391 g/mol. The first-order chi connectivity index (χ1) is 9.60. The Kier molecular flexibility index (Phi) is 5.14. The van der Waals surface area contributed by atoms with Gasteiger partial charge in [0.1, 0.15) is 12.0 Å². The summed E-state index contributed by atoms with van der Waals surface area (Å²) in [4.78, 5) is 22.5. The number of aldehydes is 1. The summed E-state index contributed by atoms with van der Waals surface area (Å²) in [7, 11) is 0. The Hall–Kier alpha value is -1.40. The summed E-state index contributed by atoms with van der Waals surface area (Å²) >= 11 is 8.14. The second kappa shape index (κ2) is 6.85. The Morgan fingerprint density at radius 1 is 1.20 bits per heavy atom. The largest absolute Gasteiger partial charge is 0.484 e. The molecule has 0 atom stereocenters. The van der Waals surface area contributed by atoms with E-state index in [-0.39, 0.29) is 12.4 Å². The molecule has 0 aliphatic heterocycles. The average Bonchev–Trinajstić information content (AvgIpc) is 2.46. The third kappa shape index (κ3) is 3.80. The molecule has 0 aliphatic rings. The van der Waals surface area contributed by atoms with Gasteiger partial charge in [-0.05, 0) is 52.9 Å². The monoisotopic (exact) mass is 400 g/mol. The Morgan fingerprint density at radius 2 is 1.90 bits per heavy atom. The van der Waals surface area contributed by atoms with E-state index in [9.17, 15) is 9.59 Å². The molecule has 0 heterocycles. The van der Waals surface area contributed by atoms with Crippen LogP contribution in [0.3, 0.4) is 0 Å².